The summed E-state index contributed by atoms with van der Waals surface area (Å²) in [4.78, 5) is 28.3. The van der Waals surface area contributed by atoms with Crippen LogP contribution < -0.4 is 15.4 Å². The molecule has 0 spiro atoms. The zero-order valence-electron chi connectivity index (χ0n) is 25.8. The molecule has 4 heterocycles. The van der Waals surface area contributed by atoms with E-state index < -0.39 is 33.0 Å². The maximum atomic E-state index is 15.8. The second-order valence-electron chi connectivity index (χ2n) is 11.3. The lowest BCUT2D eigenvalue weighted by atomic mass is 10.1. The van der Waals surface area contributed by atoms with Gasteiger partial charge in [0.25, 0.3) is 15.9 Å². The van der Waals surface area contributed by atoms with Crippen molar-refractivity contribution in [2.45, 2.75) is 18.7 Å². The van der Waals surface area contributed by atoms with Gasteiger partial charge in [-0.25, -0.2) is 36.8 Å². The highest BCUT2D eigenvalue weighted by Gasteiger charge is 2.26. The summed E-state index contributed by atoms with van der Waals surface area (Å²) in [6.07, 6.45) is 1.21. The van der Waals surface area contributed by atoms with E-state index in [4.69, 9.17) is 4.98 Å². The summed E-state index contributed by atoms with van der Waals surface area (Å²) in [5.74, 6) is -2.09. The van der Waals surface area contributed by atoms with Gasteiger partial charge in [-0.2, -0.15) is 5.10 Å². The molecule has 1 amide bonds. The molecular weight excluding hydrogens is 640 g/mol. The second-order valence-corrected chi connectivity index (χ2v) is 12.9. The van der Waals surface area contributed by atoms with Crippen molar-refractivity contribution in [3.63, 3.8) is 0 Å². The van der Waals surface area contributed by atoms with E-state index in [0.717, 1.165) is 17.7 Å². The van der Waals surface area contributed by atoms with E-state index in [9.17, 15) is 13.2 Å². The summed E-state index contributed by atoms with van der Waals surface area (Å²) in [6.45, 7) is 5.91. The third-order valence-electron chi connectivity index (χ3n) is 8.30. The van der Waals surface area contributed by atoms with Crippen LogP contribution in [0.2, 0.25) is 0 Å². The Bertz CT molecular complexity index is 2340. The first-order valence-corrected chi connectivity index (χ1v) is 16.5. The van der Waals surface area contributed by atoms with E-state index >= 15 is 8.78 Å². The Labute approximate surface area is 273 Å². The van der Waals surface area contributed by atoms with E-state index in [1.165, 1.54) is 17.1 Å². The molecule has 0 atom stereocenters. The number of halogens is 2. The van der Waals surface area contributed by atoms with Gasteiger partial charge < -0.3 is 15.5 Å². The van der Waals surface area contributed by atoms with Gasteiger partial charge in [-0.1, -0.05) is 30.3 Å². The van der Waals surface area contributed by atoms with E-state index in [1.807, 2.05) is 24.3 Å². The van der Waals surface area contributed by atoms with Crippen LogP contribution in [0.5, 0.6) is 0 Å². The molecule has 0 saturated carbocycles. The highest BCUT2D eigenvalue weighted by Crippen LogP contribution is 2.32. The zero-order chi connectivity index (χ0) is 33.6. The third-order valence-corrected chi connectivity index (χ3v) is 9.81. The largest absolute Gasteiger partial charge is 0.335 e. The predicted molar refractivity (Wildman–Crippen MR) is 177 cm³/mol. The first-order chi connectivity index (χ1) is 23.1. The van der Waals surface area contributed by atoms with Gasteiger partial charge in [0.15, 0.2) is 23.1 Å². The van der Waals surface area contributed by atoms with Crippen molar-refractivity contribution in [1.29, 1.82) is 0 Å². The molecule has 12 nitrogen and oxygen atoms in total. The van der Waals surface area contributed by atoms with E-state index in [-0.39, 0.29) is 27.8 Å². The van der Waals surface area contributed by atoms with Crippen molar-refractivity contribution in [2.24, 2.45) is 0 Å². The van der Waals surface area contributed by atoms with Gasteiger partial charge in [-0.15, -0.1) is 0 Å². The third kappa shape index (κ3) is 5.56. The highest BCUT2D eigenvalue weighted by atomic mass is 32.2. The van der Waals surface area contributed by atoms with E-state index in [1.54, 1.807) is 43.0 Å². The number of hydrogen-bond acceptors (Lipinski definition) is 9. The molecule has 0 radical (unpaired) electrons. The molecule has 7 rings (SSSR count). The number of nitrogens with one attached hydrogen (secondary N) is 3. The van der Waals surface area contributed by atoms with Crippen molar-refractivity contribution in [3.05, 3.63) is 102 Å². The number of piperazine rings is 1. The van der Waals surface area contributed by atoms with Crippen LogP contribution >= 0.6 is 0 Å². The average Bonchev–Trinajstić information content (AvgIpc) is 3.48. The molecule has 1 aliphatic rings. The lowest BCUT2D eigenvalue weighted by molar-refractivity contribution is 0.0731. The number of benzene rings is 3. The van der Waals surface area contributed by atoms with Crippen LogP contribution in [0.15, 0.2) is 78.0 Å². The Morgan fingerprint density at radius 3 is 2.54 bits per heavy atom. The van der Waals surface area contributed by atoms with Gasteiger partial charge in [0.05, 0.1) is 21.6 Å². The molecule has 1 saturated heterocycles. The van der Waals surface area contributed by atoms with Gasteiger partial charge in [0.1, 0.15) is 23.3 Å². The fourth-order valence-corrected chi connectivity index (χ4v) is 7.01. The summed E-state index contributed by atoms with van der Waals surface area (Å²) in [5.41, 5.74) is 1.57. The normalized spacial score (nSPS) is 13.6. The zero-order valence-corrected chi connectivity index (χ0v) is 26.6. The maximum Gasteiger partial charge on any atom is 0.275 e. The van der Waals surface area contributed by atoms with Crippen LogP contribution in [-0.4, -0.2) is 70.1 Å². The Balaban J connectivity index is 1.26. The van der Waals surface area contributed by atoms with Crippen molar-refractivity contribution in [1.82, 2.24) is 34.9 Å². The predicted octanol–water partition coefficient (Wildman–Crippen LogP) is 4.85. The Hall–Kier alpha value is -5.54. The molecule has 1 aliphatic heterocycles. The molecule has 3 aromatic carbocycles. The van der Waals surface area contributed by atoms with Crippen LogP contribution in [-0.2, 0) is 10.0 Å². The number of anilines is 3. The lowest BCUT2D eigenvalue weighted by Gasteiger charge is -2.26. The van der Waals surface area contributed by atoms with Gasteiger partial charge in [0.2, 0.25) is 0 Å². The van der Waals surface area contributed by atoms with Crippen LogP contribution in [0.25, 0.3) is 27.8 Å². The topological polar surface area (TPSA) is 147 Å². The van der Waals surface area contributed by atoms with E-state index in [2.05, 4.69) is 30.4 Å². The SMILES string of the molecule is Cc1cccc(S(=O)(=O)Nc2ccc(F)c(Nc3ncnc4ccc(-n5nc(C(=O)N6CCNCC6)c6ccccc65)nc34)c2F)c1C. The molecule has 15 heteroatoms. The molecular formula is C33H29F2N9O3S. The monoisotopic (exact) mass is 669 g/mol. The van der Waals surface area contributed by atoms with Gasteiger partial charge >= 0.3 is 0 Å². The molecule has 0 aliphatic carbocycles. The quantitative estimate of drug-likeness (QED) is 0.217. The number of hydrogen-bond donors (Lipinski definition) is 3. The first kappa shape index (κ1) is 31.1. The minimum absolute atomic E-state index is 0.0248. The maximum absolute atomic E-state index is 15.8. The summed E-state index contributed by atoms with van der Waals surface area (Å²) in [5, 5.41) is 11.2. The van der Waals surface area contributed by atoms with Crippen molar-refractivity contribution in [3.8, 4) is 5.82 Å². The molecule has 1 fully saturated rings. The number of aromatic nitrogens is 5. The number of pyridine rings is 1. The van der Waals surface area contributed by atoms with Crippen LogP contribution in [0.3, 0.4) is 0 Å². The molecule has 6 aromatic rings. The summed E-state index contributed by atoms with van der Waals surface area (Å²) < 4.78 is 61.2. The lowest BCUT2D eigenvalue weighted by Crippen LogP contribution is -2.46. The molecule has 3 aromatic heterocycles. The summed E-state index contributed by atoms with van der Waals surface area (Å²) in [6, 6.07) is 17.3. The van der Waals surface area contributed by atoms with Crippen LogP contribution in [0, 0.1) is 25.5 Å². The average molecular weight is 670 g/mol. The minimum Gasteiger partial charge on any atom is -0.335 e. The van der Waals surface area contributed by atoms with E-state index in [0.29, 0.717) is 54.0 Å². The van der Waals surface area contributed by atoms with Gasteiger partial charge in [0, 0.05) is 31.6 Å². The standard InChI is InChI=1S/C33H29F2N9O3S/c1-19-6-5-9-26(20(19)2)48(46,47)42-23-11-10-22(34)30(28(23)35)40-32-31-24(37-18-38-32)12-13-27(39-31)44-25-8-4-3-7-21(25)29(41-44)33(45)43-16-14-36-15-17-43/h3-13,18,36,42H,14-17H2,1-2H3,(H,37,38,40). The van der Waals surface area contributed by atoms with Crippen molar-refractivity contribution < 1.29 is 22.0 Å². The first-order valence-electron chi connectivity index (χ1n) is 15.1. The highest BCUT2D eigenvalue weighted by molar-refractivity contribution is 7.92. The van der Waals surface area contributed by atoms with Crippen molar-refractivity contribution in [2.75, 3.05) is 36.2 Å². The number of rotatable bonds is 7. The van der Waals surface area contributed by atoms with Crippen LogP contribution in [0.4, 0.5) is 26.0 Å². The van der Waals surface area contributed by atoms with Crippen molar-refractivity contribution >= 4 is 55.1 Å². The smallest absolute Gasteiger partial charge is 0.275 e. The summed E-state index contributed by atoms with van der Waals surface area (Å²) in [7, 11) is -4.21. The van der Waals surface area contributed by atoms with Gasteiger partial charge in [-0.3, -0.25) is 9.52 Å². The fraction of sp³-hybridized carbons (Fsp3) is 0.182. The number of fused-ring (bicyclic) bond motifs is 2. The minimum atomic E-state index is -4.21. The number of aryl methyl sites for hydroxylation is 1. The number of amides is 1. The van der Waals surface area contributed by atoms with Gasteiger partial charge in [-0.05, 0) is 61.4 Å². The summed E-state index contributed by atoms with van der Waals surface area (Å²) >= 11 is 0. The Kier molecular flexibility index (Phi) is 7.93. The number of nitrogens with zero attached hydrogens (tertiary/aromatic N) is 6. The number of carbonyl (C=O) groups excluding carboxylic acids is 1. The molecule has 0 unspecified atom stereocenters. The second kappa shape index (κ2) is 12.2. The molecule has 48 heavy (non-hydrogen) atoms. The Morgan fingerprint density at radius 2 is 1.73 bits per heavy atom. The number of para-hydroxylation sites is 1. The molecule has 3 N–H and O–H groups in total. The van der Waals surface area contributed by atoms with Crippen LogP contribution in [0.1, 0.15) is 21.6 Å². The number of sulfonamides is 1. The Morgan fingerprint density at radius 1 is 0.938 bits per heavy atom. The number of carbonyl (C=O) groups is 1. The molecule has 0 bridgehead atoms. The molecule has 244 valence electrons. The fourth-order valence-electron chi connectivity index (χ4n) is 5.64.